The molecule has 2 rings (SSSR count). The summed E-state index contributed by atoms with van der Waals surface area (Å²) in [6, 6.07) is 3.92. The number of rotatable bonds is 5. The van der Waals surface area contributed by atoms with Crippen LogP contribution in [0.15, 0.2) is 22.9 Å². The highest BCUT2D eigenvalue weighted by atomic mass is 32.1. The van der Waals surface area contributed by atoms with Gasteiger partial charge in [-0.05, 0) is 11.4 Å². The normalized spacial score (nSPS) is 12.0. The van der Waals surface area contributed by atoms with E-state index in [1.807, 2.05) is 17.5 Å². The van der Waals surface area contributed by atoms with E-state index in [0.29, 0.717) is 12.2 Å². The van der Waals surface area contributed by atoms with E-state index in [2.05, 4.69) is 9.72 Å². The van der Waals surface area contributed by atoms with E-state index >= 15 is 0 Å². The number of nitrogens with zero attached hydrogens (tertiary/aromatic N) is 2. The first-order valence-electron chi connectivity index (χ1n) is 6.35. The van der Waals surface area contributed by atoms with Gasteiger partial charge in [0.25, 0.3) is 5.91 Å². The Morgan fingerprint density at radius 1 is 1.43 bits per heavy atom. The summed E-state index contributed by atoms with van der Waals surface area (Å²) in [5, 5.41) is 4.56. The van der Waals surface area contributed by atoms with Crippen LogP contribution in [-0.2, 0) is 9.53 Å². The van der Waals surface area contributed by atoms with Crippen LogP contribution in [0.1, 0.15) is 17.4 Å². The standard InChI is InChI=1S/C14H16N2O3S2/c1-9(14(18)19-3)7-16(2)13(17)10-8-21-12(15-10)11-5-4-6-20-11/h4-6,8-9H,7H2,1-3H3. The first-order chi connectivity index (χ1) is 10.0. The fraction of sp³-hybridized carbons (Fsp3) is 0.357. The maximum absolute atomic E-state index is 12.3. The summed E-state index contributed by atoms with van der Waals surface area (Å²) in [4.78, 5) is 30.6. The number of thiophene rings is 1. The maximum atomic E-state index is 12.3. The predicted molar refractivity (Wildman–Crippen MR) is 83.6 cm³/mol. The second-order valence-corrected chi connectivity index (χ2v) is 6.43. The molecule has 0 N–H and O–H groups in total. The van der Waals surface area contributed by atoms with Crippen LogP contribution >= 0.6 is 22.7 Å². The molecule has 0 spiro atoms. The van der Waals surface area contributed by atoms with E-state index in [-0.39, 0.29) is 17.8 Å². The second kappa shape index (κ2) is 6.82. The third kappa shape index (κ3) is 3.68. The molecule has 7 heteroatoms. The number of hydrogen-bond donors (Lipinski definition) is 0. The number of ether oxygens (including phenoxy) is 1. The lowest BCUT2D eigenvalue weighted by atomic mass is 10.1. The molecule has 1 atom stereocenters. The molecule has 0 aromatic carbocycles. The van der Waals surface area contributed by atoms with E-state index in [9.17, 15) is 9.59 Å². The van der Waals surface area contributed by atoms with Crippen molar-refractivity contribution in [2.45, 2.75) is 6.92 Å². The molecule has 21 heavy (non-hydrogen) atoms. The second-order valence-electron chi connectivity index (χ2n) is 4.63. The van der Waals surface area contributed by atoms with Gasteiger partial charge in [0.05, 0.1) is 17.9 Å². The average Bonchev–Trinajstić information content (AvgIpc) is 3.15. The molecule has 0 fully saturated rings. The first-order valence-corrected chi connectivity index (χ1v) is 8.11. The number of thiazole rings is 1. The molecule has 0 saturated carbocycles. The summed E-state index contributed by atoms with van der Waals surface area (Å²) < 4.78 is 4.66. The molecule has 0 saturated heterocycles. The minimum atomic E-state index is -0.362. The number of amides is 1. The van der Waals surface area contributed by atoms with Crippen molar-refractivity contribution in [1.82, 2.24) is 9.88 Å². The molecule has 0 aliphatic rings. The van der Waals surface area contributed by atoms with Crippen molar-refractivity contribution in [3.63, 3.8) is 0 Å². The van der Waals surface area contributed by atoms with Gasteiger partial charge >= 0.3 is 5.97 Å². The van der Waals surface area contributed by atoms with Crippen molar-refractivity contribution in [2.24, 2.45) is 5.92 Å². The topological polar surface area (TPSA) is 59.5 Å². The van der Waals surface area contributed by atoms with Gasteiger partial charge in [-0.25, -0.2) is 4.98 Å². The van der Waals surface area contributed by atoms with E-state index in [0.717, 1.165) is 9.88 Å². The molecule has 2 aromatic heterocycles. The number of methoxy groups -OCH3 is 1. The first kappa shape index (κ1) is 15.7. The largest absolute Gasteiger partial charge is 0.469 e. The number of carbonyl (C=O) groups is 2. The van der Waals surface area contributed by atoms with Crippen LogP contribution in [0.2, 0.25) is 0 Å². The monoisotopic (exact) mass is 324 g/mol. The van der Waals surface area contributed by atoms with Gasteiger partial charge < -0.3 is 9.64 Å². The van der Waals surface area contributed by atoms with Crippen molar-refractivity contribution in [3.05, 3.63) is 28.6 Å². The Morgan fingerprint density at radius 3 is 2.81 bits per heavy atom. The molecule has 0 aliphatic heterocycles. The summed E-state index contributed by atoms with van der Waals surface area (Å²) >= 11 is 3.03. The fourth-order valence-electron chi connectivity index (χ4n) is 1.85. The van der Waals surface area contributed by atoms with Crippen LogP contribution in [-0.4, -0.2) is 42.5 Å². The minimum Gasteiger partial charge on any atom is -0.469 e. The van der Waals surface area contributed by atoms with Gasteiger partial charge in [-0.1, -0.05) is 13.0 Å². The smallest absolute Gasteiger partial charge is 0.310 e. The van der Waals surface area contributed by atoms with Gasteiger partial charge in [0, 0.05) is 19.0 Å². The summed E-state index contributed by atoms with van der Waals surface area (Å²) in [5.41, 5.74) is 0.406. The zero-order valence-electron chi connectivity index (χ0n) is 12.0. The van der Waals surface area contributed by atoms with Gasteiger partial charge in [-0.2, -0.15) is 0 Å². The molecule has 1 amide bonds. The van der Waals surface area contributed by atoms with Crippen molar-refractivity contribution < 1.29 is 14.3 Å². The molecule has 112 valence electrons. The highest BCUT2D eigenvalue weighted by Crippen LogP contribution is 2.28. The molecule has 2 aromatic rings. The van der Waals surface area contributed by atoms with Crippen LogP contribution in [0, 0.1) is 5.92 Å². The highest BCUT2D eigenvalue weighted by Gasteiger charge is 2.21. The quantitative estimate of drug-likeness (QED) is 0.794. The SMILES string of the molecule is COC(=O)C(C)CN(C)C(=O)c1csc(-c2cccs2)n1. The Kier molecular flexibility index (Phi) is 5.08. The lowest BCUT2D eigenvalue weighted by Gasteiger charge is -2.19. The predicted octanol–water partition coefficient (Wildman–Crippen LogP) is 2.75. The van der Waals surface area contributed by atoms with Crippen molar-refractivity contribution in [3.8, 4) is 9.88 Å². The summed E-state index contributed by atoms with van der Waals surface area (Å²) in [6.45, 7) is 2.03. The van der Waals surface area contributed by atoms with Crippen LogP contribution in [0.25, 0.3) is 9.88 Å². The van der Waals surface area contributed by atoms with Gasteiger partial charge in [-0.3, -0.25) is 9.59 Å². The van der Waals surface area contributed by atoms with Crippen molar-refractivity contribution in [2.75, 3.05) is 20.7 Å². The van der Waals surface area contributed by atoms with Crippen LogP contribution < -0.4 is 0 Å². The third-order valence-corrected chi connectivity index (χ3v) is 4.83. The summed E-state index contributed by atoms with van der Waals surface area (Å²) in [6.07, 6.45) is 0. The number of hydrogen-bond acceptors (Lipinski definition) is 6. The minimum absolute atomic E-state index is 0.190. The zero-order valence-corrected chi connectivity index (χ0v) is 13.7. The lowest BCUT2D eigenvalue weighted by Crippen LogP contribution is -2.34. The average molecular weight is 324 g/mol. The molecule has 0 bridgehead atoms. The van der Waals surface area contributed by atoms with Gasteiger partial charge in [0.1, 0.15) is 10.7 Å². The van der Waals surface area contributed by atoms with Crippen molar-refractivity contribution >= 4 is 34.6 Å². The summed E-state index contributed by atoms with van der Waals surface area (Å²) in [7, 11) is 3.00. The molecule has 2 heterocycles. The molecule has 0 aliphatic carbocycles. The Morgan fingerprint density at radius 2 is 2.19 bits per heavy atom. The van der Waals surface area contributed by atoms with E-state index < -0.39 is 0 Å². The van der Waals surface area contributed by atoms with E-state index in [4.69, 9.17) is 0 Å². The molecular formula is C14H16N2O3S2. The summed E-state index contributed by atoms with van der Waals surface area (Å²) in [5.74, 6) is -0.878. The molecular weight excluding hydrogens is 308 g/mol. The van der Waals surface area contributed by atoms with Gasteiger partial charge in [-0.15, -0.1) is 22.7 Å². The number of esters is 1. The number of carbonyl (C=O) groups excluding carboxylic acids is 2. The highest BCUT2D eigenvalue weighted by molar-refractivity contribution is 7.20. The maximum Gasteiger partial charge on any atom is 0.310 e. The van der Waals surface area contributed by atoms with Crippen molar-refractivity contribution in [1.29, 1.82) is 0 Å². The van der Waals surface area contributed by atoms with Gasteiger partial charge in [0.15, 0.2) is 0 Å². The van der Waals surface area contributed by atoms with Gasteiger partial charge in [0.2, 0.25) is 0 Å². The van der Waals surface area contributed by atoms with Crippen LogP contribution in [0.4, 0.5) is 0 Å². The Balaban J connectivity index is 2.04. The van der Waals surface area contributed by atoms with Crippen LogP contribution in [0.3, 0.4) is 0 Å². The fourth-order valence-corrected chi connectivity index (χ4v) is 3.46. The Bertz CT molecular complexity index is 622. The lowest BCUT2D eigenvalue weighted by molar-refractivity contribution is -0.145. The Labute approximate surface area is 131 Å². The zero-order chi connectivity index (χ0) is 15.4. The van der Waals surface area contributed by atoms with E-state index in [1.54, 1.807) is 30.7 Å². The number of aromatic nitrogens is 1. The molecule has 5 nitrogen and oxygen atoms in total. The molecule has 0 radical (unpaired) electrons. The van der Waals surface area contributed by atoms with E-state index in [1.165, 1.54) is 23.3 Å². The van der Waals surface area contributed by atoms with Crippen LogP contribution in [0.5, 0.6) is 0 Å². The third-order valence-electron chi connectivity index (χ3n) is 2.95. The molecule has 1 unspecified atom stereocenters. The Hall–Kier alpha value is -1.73.